The summed E-state index contributed by atoms with van der Waals surface area (Å²) >= 11 is 0. The van der Waals surface area contributed by atoms with Crippen molar-refractivity contribution in [1.82, 2.24) is 9.97 Å². The molecule has 0 radical (unpaired) electrons. The van der Waals surface area contributed by atoms with Gasteiger partial charge in [0.25, 0.3) is 0 Å². The second-order valence-electron chi connectivity index (χ2n) is 30.3. The van der Waals surface area contributed by atoms with Crippen molar-refractivity contribution in [2.45, 2.75) is 166 Å². The van der Waals surface area contributed by atoms with Crippen molar-refractivity contribution >= 4 is 70.6 Å². The molecule has 0 amide bonds. The first-order valence-electron chi connectivity index (χ1n) is 29.4. The van der Waals surface area contributed by atoms with E-state index in [9.17, 15) is 38.4 Å². The Kier molecular flexibility index (Phi) is 28.3. The molecule has 0 fully saturated rings. The Hall–Kier alpha value is -6.47. The summed E-state index contributed by atoms with van der Waals surface area (Å²) in [7, 11) is 0. The molecular weight excluding hydrogens is 1200 g/mol. The number of nitrogens with zero attached hydrogens (tertiary/aromatic N) is 2. The van der Waals surface area contributed by atoms with Gasteiger partial charge in [0.05, 0.1) is 0 Å². The van der Waals surface area contributed by atoms with Gasteiger partial charge in [-0.05, 0) is 136 Å². The van der Waals surface area contributed by atoms with Gasteiger partial charge in [0.15, 0.2) is 0 Å². The van der Waals surface area contributed by atoms with Gasteiger partial charge in [-0.15, -0.1) is 0 Å². The predicted octanol–water partition coefficient (Wildman–Crippen LogP) is 17.1. The number of ketones is 8. The van der Waals surface area contributed by atoms with E-state index in [2.05, 4.69) is 58.5 Å². The molecule has 0 aliphatic heterocycles. The van der Waals surface area contributed by atoms with Crippen molar-refractivity contribution in [3.8, 4) is 0 Å². The van der Waals surface area contributed by atoms with Crippen molar-refractivity contribution < 1.29 is 77.3 Å². The molecule has 7 rings (SSSR count). The SMILES string of the molecule is C(=C\c1ccc(/C=C/c2ccncc2)cc1)/c1ccncc1.CC(C)(C)C1=CC(=O)C(=O)C(C(C)(C)C)=C1.CC(C)(C)C1=CC(=O)C(=O)C(C(C)(C)C)=C1.CC(C)(C)C1=CC(=O)C(=O)C(C(C)(C)C)=C1.CC(C)(C)C1=CC(=O)C(=O)C(C(C)(C)C)=C1.[Zn].[Zn]. The first-order chi connectivity index (χ1) is 39.0. The number of hydrogen-bond donors (Lipinski definition) is 0. The Morgan fingerprint density at radius 3 is 0.545 bits per heavy atom. The summed E-state index contributed by atoms with van der Waals surface area (Å²) in [6.07, 6.45) is 29.0. The quantitative estimate of drug-likeness (QED) is 0.140. The van der Waals surface area contributed by atoms with Gasteiger partial charge >= 0.3 is 0 Å². The maximum absolute atomic E-state index is 11.8. The average Bonchev–Trinajstić information content (AvgIpc) is 1.56. The molecule has 2 aromatic heterocycles. The van der Waals surface area contributed by atoms with Crippen LogP contribution in [0.15, 0.2) is 167 Å². The number of aromatic nitrogens is 2. The third-order valence-electron chi connectivity index (χ3n) is 14.2. The maximum Gasteiger partial charge on any atom is 0.229 e. The van der Waals surface area contributed by atoms with Gasteiger partial charge in [-0.1, -0.05) is 239 Å². The summed E-state index contributed by atoms with van der Waals surface area (Å²) in [6, 6.07) is 16.4. The molecule has 0 spiro atoms. The van der Waals surface area contributed by atoms with Crippen LogP contribution in [0.4, 0.5) is 0 Å². The summed E-state index contributed by atoms with van der Waals surface area (Å²) in [6.45, 7) is 47.9. The van der Waals surface area contributed by atoms with E-state index < -0.39 is 23.1 Å². The summed E-state index contributed by atoms with van der Waals surface area (Å²) < 4.78 is 0. The minimum atomic E-state index is -0.391. The molecule has 0 atom stereocenters. The normalized spacial score (nSPS) is 16.2. The minimum Gasteiger partial charge on any atom is -0.286 e. The Bertz CT molecular complexity index is 3020. The van der Waals surface area contributed by atoms with Crippen LogP contribution in [0.3, 0.4) is 0 Å². The number of hydrogen-bond acceptors (Lipinski definition) is 10. The van der Waals surface area contributed by atoms with Crippen LogP contribution in [-0.2, 0) is 77.3 Å². The van der Waals surface area contributed by atoms with E-state index in [0.717, 1.165) is 33.4 Å². The number of Topliss-reactive ketones (excluding diaryl/α,β-unsaturated/α-hetero) is 4. The van der Waals surface area contributed by atoms with Crippen LogP contribution in [0.2, 0.25) is 0 Å². The molecule has 0 saturated heterocycles. The number of benzene rings is 1. The van der Waals surface area contributed by atoms with Crippen LogP contribution in [0.1, 0.15) is 188 Å². The Balaban J connectivity index is 0.000000551. The van der Waals surface area contributed by atoms with Gasteiger partial charge in [-0.3, -0.25) is 48.3 Å². The number of rotatable bonds is 4. The number of carbonyl (C=O) groups is 8. The van der Waals surface area contributed by atoms with E-state index in [1.165, 1.54) is 35.4 Å². The number of carbonyl (C=O) groups excluding carboxylic acids is 8. The molecule has 462 valence electrons. The number of allylic oxidation sites excluding steroid dienone is 16. The fourth-order valence-electron chi connectivity index (χ4n) is 8.42. The van der Waals surface area contributed by atoms with Crippen molar-refractivity contribution in [2.75, 3.05) is 0 Å². The monoisotopic (exact) mass is 1290 g/mol. The van der Waals surface area contributed by atoms with E-state index in [1.54, 1.807) is 24.8 Å². The second-order valence-corrected chi connectivity index (χ2v) is 30.3. The van der Waals surface area contributed by atoms with E-state index in [0.29, 0.717) is 22.3 Å². The van der Waals surface area contributed by atoms with E-state index >= 15 is 0 Å². The molecule has 88 heavy (non-hydrogen) atoms. The fourth-order valence-corrected chi connectivity index (χ4v) is 8.42. The average molecular weight is 1300 g/mol. The predicted molar refractivity (Wildman–Crippen MR) is 353 cm³/mol. The Labute approximate surface area is 552 Å². The largest absolute Gasteiger partial charge is 0.286 e. The summed E-state index contributed by atoms with van der Waals surface area (Å²) in [4.78, 5) is 102. The van der Waals surface area contributed by atoms with E-state index in [-0.39, 0.29) is 105 Å². The smallest absolute Gasteiger partial charge is 0.229 e. The molecule has 0 saturated carbocycles. The van der Waals surface area contributed by atoms with Crippen molar-refractivity contribution in [3.63, 3.8) is 0 Å². The summed E-state index contributed by atoms with van der Waals surface area (Å²) in [5.74, 6) is -3.01. The van der Waals surface area contributed by atoms with Crippen LogP contribution in [-0.4, -0.2) is 56.2 Å². The van der Waals surface area contributed by atoms with E-state index in [1.807, 2.05) is 215 Å². The maximum atomic E-state index is 11.8. The standard InChI is InChI=1S/C20H16N2.4C14H20O2.2Zn/c1-2-18(6-8-20-11-15-22-16-12-20)4-3-17(1)5-7-19-9-13-21-14-10-19;4*1-13(2,3)9-7-10(14(4,5)6)12(16)11(15)8-9;;/h1-16H;4*7-8H,1-6H3;;/b7-5+,8-6+;;;;;;. The molecule has 2 heterocycles. The third-order valence-corrected chi connectivity index (χ3v) is 14.2. The molecule has 3 aromatic rings. The molecule has 0 N–H and O–H groups in total. The zero-order valence-corrected chi connectivity index (χ0v) is 63.4. The van der Waals surface area contributed by atoms with Crippen molar-refractivity contribution in [3.05, 3.63) is 189 Å². The minimum absolute atomic E-state index is 0. The van der Waals surface area contributed by atoms with Crippen LogP contribution in [0.5, 0.6) is 0 Å². The zero-order chi connectivity index (χ0) is 65.9. The van der Waals surface area contributed by atoms with Crippen LogP contribution in [0, 0.1) is 43.3 Å². The van der Waals surface area contributed by atoms with Gasteiger partial charge in [-0.2, -0.15) is 0 Å². The van der Waals surface area contributed by atoms with Crippen molar-refractivity contribution in [1.29, 1.82) is 0 Å². The fraction of sp³-hybridized carbons (Fsp3) is 0.421. The van der Waals surface area contributed by atoms with Gasteiger partial charge in [0, 0.05) is 86.0 Å². The first-order valence-corrected chi connectivity index (χ1v) is 29.4. The molecule has 12 heteroatoms. The molecule has 4 aliphatic carbocycles. The van der Waals surface area contributed by atoms with Crippen LogP contribution < -0.4 is 0 Å². The summed E-state index contributed by atoms with van der Waals surface area (Å²) in [5, 5.41) is 0. The molecule has 0 bridgehead atoms. The zero-order valence-electron chi connectivity index (χ0n) is 57.4. The van der Waals surface area contributed by atoms with Gasteiger partial charge in [-0.25, -0.2) is 0 Å². The first kappa shape index (κ1) is 79.5. The van der Waals surface area contributed by atoms with Crippen molar-refractivity contribution in [2.24, 2.45) is 43.3 Å². The molecule has 0 unspecified atom stereocenters. The molecule has 4 aliphatic rings. The molecule has 10 nitrogen and oxygen atoms in total. The Morgan fingerprint density at radius 1 is 0.239 bits per heavy atom. The Morgan fingerprint density at radius 2 is 0.398 bits per heavy atom. The van der Waals surface area contributed by atoms with Crippen LogP contribution >= 0.6 is 0 Å². The molecule has 1 aromatic carbocycles. The van der Waals surface area contributed by atoms with Crippen LogP contribution in [0.25, 0.3) is 24.3 Å². The van der Waals surface area contributed by atoms with Gasteiger partial charge < -0.3 is 0 Å². The molecular formula is C76H96N2O8Zn2. The summed E-state index contributed by atoms with van der Waals surface area (Å²) in [5.41, 5.74) is 9.31. The van der Waals surface area contributed by atoms with Gasteiger partial charge in [0.1, 0.15) is 0 Å². The third kappa shape index (κ3) is 24.5. The number of pyridine rings is 2. The van der Waals surface area contributed by atoms with E-state index in [4.69, 9.17) is 0 Å². The second kappa shape index (κ2) is 31.3. The topological polar surface area (TPSA) is 162 Å². The van der Waals surface area contributed by atoms with Gasteiger partial charge in [0.2, 0.25) is 46.3 Å².